The topological polar surface area (TPSA) is 82.5 Å². The van der Waals surface area contributed by atoms with Crippen molar-refractivity contribution in [3.63, 3.8) is 0 Å². The number of rotatable bonds is 5. The summed E-state index contributed by atoms with van der Waals surface area (Å²) in [6, 6.07) is 21.0. The summed E-state index contributed by atoms with van der Waals surface area (Å²) in [5.41, 5.74) is 3.96. The molecule has 0 saturated heterocycles. The molecule has 0 bridgehead atoms. The van der Waals surface area contributed by atoms with Crippen LogP contribution in [0.4, 0.5) is 0 Å². The minimum absolute atomic E-state index is 0.187. The van der Waals surface area contributed by atoms with Crippen molar-refractivity contribution in [1.82, 2.24) is 14.3 Å². The Morgan fingerprint density at radius 1 is 1.11 bits per heavy atom. The number of benzene rings is 2. The van der Waals surface area contributed by atoms with Gasteiger partial charge in [-0.2, -0.15) is 5.26 Å². The molecule has 0 spiro atoms. The zero-order valence-electron chi connectivity index (χ0n) is 15.5. The van der Waals surface area contributed by atoms with Gasteiger partial charge in [0, 0.05) is 12.6 Å². The van der Waals surface area contributed by atoms with Gasteiger partial charge in [0.1, 0.15) is 17.9 Å². The first kappa shape index (κ1) is 18.0. The van der Waals surface area contributed by atoms with Gasteiger partial charge in [-0.25, -0.2) is 0 Å². The Kier molecular flexibility index (Phi) is 4.70. The zero-order chi connectivity index (χ0) is 19.7. The van der Waals surface area contributed by atoms with Gasteiger partial charge in [0.2, 0.25) is 0 Å². The highest BCUT2D eigenvalue weighted by Crippen LogP contribution is 2.23. The number of fused-ring (bicyclic) bond motifs is 3. The number of imidazole rings is 1. The van der Waals surface area contributed by atoms with E-state index in [9.17, 15) is 15.2 Å². The molecule has 1 atom stereocenters. The summed E-state index contributed by atoms with van der Waals surface area (Å²) < 4.78 is 3.38. The largest absolute Gasteiger partial charge is 0.377 e. The second kappa shape index (κ2) is 7.31. The third-order valence-corrected chi connectivity index (χ3v) is 4.91. The Balaban J connectivity index is 1.79. The molecular formula is C22H20N4O2. The summed E-state index contributed by atoms with van der Waals surface area (Å²) in [6.07, 6.45) is -0.845. The lowest BCUT2D eigenvalue weighted by Crippen LogP contribution is -2.32. The first-order valence-corrected chi connectivity index (χ1v) is 9.09. The second-order valence-corrected chi connectivity index (χ2v) is 6.79. The van der Waals surface area contributed by atoms with Crippen molar-refractivity contribution < 1.29 is 5.11 Å². The van der Waals surface area contributed by atoms with E-state index < -0.39 is 6.23 Å². The van der Waals surface area contributed by atoms with Crippen LogP contribution in [0.2, 0.25) is 0 Å². The van der Waals surface area contributed by atoms with Crippen molar-refractivity contribution in [1.29, 1.82) is 5.26 Å². The van der Waals surface area contributed by atoms with Crippen LogP contribution < -0.4 is 10.9 Å². The molecule has 0 saturated carbocycles. The normalized spacial score (nSPS) is 12.3. The maximum atomic E-state index is 12.7. The number of hydrogen-bond donors (Lipinski definition) is 2. The summed E-state index contributed by atoms with van der Waals surface area (Å²) in [6.45, 7) is 2.48. The first-order valence-electron chi connectivity index (χ1n) is 9.09. The lowest BCUT2D eigenvalue weighted by atomic mass is 10.1. The highest BCUT2D eigenvalue weighted by molar-refractivity contribution is 5.84. The van der Waals surface area contributed by atoms with E-state index in [1.165, 1.54) is 6.07 Å². The molecule has 0 unspecified atom stereocenters. The third kappa shape index (κ3) is 3.07. The van der Waals surface area contributed by atoms with Crippen LogP contribution in [0.15, 0.2) is 65.5 Å². The molecule has 28 heavy (non-hydrogen) atoms. The van der Waals surface area contributed by atoms with E-state index in [4.69, 9.17) is 0 Å². The van der Waals surface area contributed by atoms with Gasteiger partial charge >= 0.3 is 0 Å². The van der Waals surface area contributed by atoms with E-state index in [0.717, 1.165) is 11.1 Å². The van der Waals surface area contributed by atoms with E-state index in [-0.39, 0.29) is 12.1 Å². The summed E-state index contributed by atoms with van der Waals surface area (Å²) in [4.78, 5) is 12.7. The Bertz CT molecular complexity index is 1250. The van der Waals surface area contributed by atoms with E-state index in [2.05, 4.69) is 11.4 Å². The fourth-order valence-corrected chi connectivity index (χ4v) is 3.59. The number of hydrogen-bond acceptors (Lipinski definition) is 4. The van der Waals surface area contributed by atoms with Crippen LogP contribution in [0.1, 0.15) is 16.7 Å². The van der Waals surface area contributed by atoms with Crippen LogP contribution in [-0.4, -0.2) is 20.3 Å². The zero-order valence-corrected chi connectivity index (χ0v) is 15.5. The molecule has 6 heteroatoms. The van der Waals surface area contributed by atoms with Gasteiger partial charge in [0.25, 0.3) is 5.56 Å². The van der Waals surface area contributed by atoms with Crippen LogP contribution in [0, 0.1) is 18.3 Å². The van der Waals surface area contributed by atoms with Crippen molar-refractivity contribution in [3.8, 4) is 6.07 Å². The molecule has 4 rings (SSSR count). The minimum Gasteiger partial charge on any atom is -0.377 e. The molecule has 0 fully saturated rings. The number of nitriles is 1. The number of para-hydroxylation sites is 2. The summed E-state index contributed by atoms with van der Waals surface area (Å²) in [7, 11) is 0. The van der Waals surface area contributed by atoms with Crippen LogP contribution >= 0.6 is 0 Å². The summed E-state index contributed by atoms with van der Waals surface area (Å²) in [5.74, 6) is 0. The molecule has 2 N–H and O–H groups in total. The SMILES string of the molecule is Cc1cc(=O)n2c3ccccc3n(C[C@H](O)NCc3ccccc3)c2c1C#N. The number of aromatic nitrogens is 2. The van der Waals surface area contributed by atoms with Crippen molar-refractivity contribution in [2.75, 3.05) is 0 Å². The highest BCUT2D eigenvalue weighted by Gasteiger charge is 2.19. The van der Waals surface area contributed by atoms with Gasteiger partial charge in [-0.1, -0.05) is 42.5 Å². The predicted molar refractivity (Wildman–Crippen MR) is 108 cm³/mol. The molecule has 2 aromatic heterocycles. The Morgan fingerprint density at radius 2 is 1.79 bits per heavy atom. The Hall–Kier alpha value is -3.40. The van der Waals surface area contributed by atoms with Gasteiger partial charge in [-0.15, -0.1) is 0 Å². The number of nitrogens with zero attached hydrogens (tertiary/aromatic N) is 3. The van der Waals surface area contributed by atoms with Crippen molar-refractivity contribution in [2.24, 2.45) is 0 Å². The van der Waals surface area contributed by atoms with E-state index in [1.807, 2.05) is 59.2 Å². The van der Waals surface area contributed by atoms with Crippen molar-refractivity contribution >= 4 is 16.7 Å². The van der Waals surface area contributed by atoms with Gasteiger partial charge in [-0.3, -0.25) is 14.5 Å². The number of aryl methyl sites for hydroxylation is 1. The maximum absolute atomic E-state index is 12.7. The van der Waals surface area contributed by atoms with Crippen molar-refractivity contribution in [2.45, 2.75) is 26.2 Å². The van der Waals surface area contributed by atoms with Crippen molar-refractivity contribution in [3.05, 3.63) is 87.7 Å². The van der Waals surface area contributed by atoms with Gasteiger partial charge < -0.3 is 9.67 Å². The number of aliphatic hydroxyl groups is 1. The average molecular weight is 372 g/mol. The molecular weight excluding hydrogens is 352 g/mol. The predicted octanol–water partition coefficient (Wildman–Crippen LogP) is 2.54. The highest BCUT2D eigenvalue weighted by atomic mass is 16.3. The second-order valence-electron chi connectivity index (χ2n) is 6.79. The molecule has 2 aromatic carbocycles. The van der Waals surface area contributed by atoms with Crippen LogP contribution in [0.25, 0.3) is 16.7 Å². The van der Waals surface area contributed by atoms with E-state index in [1.54, 1.807) is 11.3 Å². The number of aliphatic hydroxyl groups excluding tert-OH is 1. The van der Waals surface area contributed by atoms with Crippen LogP contribution in [-0.2, 0) is 13.1 Å². The first-order chi connectivity index (χ1) is 13.6. The Labute approximate surface area is 161 Å². The lowest BCUT2D eigenvalue weighted by Gasteiger charge is -2.16. The summed E-state index contributed by atoms with van der Waals surface area (Å²) in [5, 5.41) is 23.4. The fraction of sp³-hybridized carbons (Fsp3) is 0.182. The van der Waals surface area contributed by atoms with Gasteiger partial charge in [0.05, 0.1) is 23.1 Å². The van der Waals surface area contributed by atoms with Gasteiger partial charge in [0.15, 0.2) is 0 Å². The molecule has 0 aliphatic rings. The molecule has 0 radical (unpaired) electrons. The maximum Gasteiger partial charge on any atom is 0.257 e. The lowest BCUT2D eigenvalue weighted by molar-refractivity contribution is 0.118. The Morgan fingerprint density at radius 3 is 2.50 bits per heavy atom. The minimum atomic E-state index is -0.845. The molecule has 0 aliphatic carbocycles. The fourth-order valence-electron chi connectivity index (χ4n) is 3.59. The van der Waals surface area contributed by atoms with E-state index >= 15 is 0 Å². The monoisotopic (exact) mass is 372 g/mol. The standard InChI is InChI=1S/C22H20N4O2/c1-15-11-21(28)26-19-10-6-5-9-18(19)25(22(26)17(15)12-23)14-20(27)24-13-16-7-3-2-4-8-16/h2-11,20,24,27H,13-14H2,1H3/t20-/m0/s1. The number of pyridine rings is 1. The van der Waals surface area contributed by atoms with E-state index in [0.29, 0.717) is 28.8 Å². The van der Waals surface area contributed by atoms with Crippen LogP contribution in [0.5, 0.6) is 0 Å². The van der Waals surface area contributed by atoms with Crippen LogP contribution in [0.3, 0.4) is 0 Å². The summed E-state index contributed by atoms with van der Waals surface area (Å²) >= 11 is 0. The molecule has 2 heterocycles. The molecule has 0 amide bonds. The molecule has 6 nitrogen and oxygen atoms in total. The van der Waals surface area contributed by atoms with Gasteiger partial charge in [-0.05, 0) is 30.2 Å². The quantitative estimate of drug-likeness (QED) is 0.528. The molecule has 140 valence electrons. The molecule has 0 aliphatic heterocycles. The number of nitrogens with one attached hydrogen (secondary N) is 1. The molecule has 4 aromatic rings. The smallest absolute Gasteiger partial charge is 0.257 e. The third-order valence-electron chi connectivity index (χ3n) is 4.91. The average Bonchev–Trinajstić information content (AvgIpc) is 3.02.